The highest BCUT2D eigenvalue weighted by Gasteiger charge is 2.21. The Kier molecular flexibility index (Phi) is 2.40. The molecule has 1 aliphatic heterocycles. The van der Waals surface area contributed by atoms with Gasteiger partial charge in [-0.1, -0.05) is 6.07 Å². The summed E-state index contributed by atoms with van der Waals surface area (Å²) in [5.41, 5.74) is 0.946. The SMILES string of the molecule is O=c1[nH]c2cccc(O)c2n1C1CCCCO1. The summed E-state index contributed by atoms with van der Waals surface area (Å²) in [6.07, 6.45) is 2.61. The van der Waals surface area contributed by atoms with Gasteiger partial charge in [0.05, 0.1) is 5.52 Å². The molecule has 3 rings (SSSR count). The maximum Gasteiger partial charge on any atom is 0.328 e. The first-order valence-electron chi connectivity index (χ1n) is 5.81. The number of nitrogens with one attached hydrogen (secondary N) is 1. The average molecular weight is 234 g/mol. The molecule has 1 unspecified atom stereocenters. The number of hydrogen-bond donors (Lipinski definition) is 2. The van der Waals surface area contributed by atoms with E-state index in [4.69, 9.17) is 4.74 Å². The molecule has 1 fully saturated rings. The molecule has 1 aromatic heterocycles. The Labute approximate surface area is 97.6 Å². The van der Waals surface area contributed by atoms with Crippen molar-refractivity contribution in [1.29, 1.82) is 0 Å². The van der Waals surface area contributed by atoms with Crippen molar-refractivity contribution in [1.82, 2.24) is 9.55 Å². The molecular weight excluding hydrogens is 220 g/mol. The van der Waals surface area contributed by atoms with Gasteiger partial charge in [0.1, 0.15) is 17.5 Å². The summed E-state index contributed by atoms with van der Waals surface area (Å²) in [5.74, 6) is 0.107. The third kappa shape index (κ3) is 1.63. The van der Waals surface area contributed by atoms with Gasteiger partial charge >= 0.3 is 5.69 Å². The van der Waals surface area contributed by atoms with Gasteiger partial charge in [-0.05, 0) is 31.4 Å². The molecule has 1 aliphatic rings. The number of aromatic amines is 1. The standard InChI is InChI=1S/C12H14N2O3/c15-9-5-3-4-8-11(9)14(12(16)13-8)10-6-1-2-7-17-10/h3-5,10,15H,1-2,6-7H2,(H,13,16). The summed E-state index contributed by atoms with van der Waals surface area (Å²) in [5, 5.41) is 9.86. The molecule has 0 amide bonds. The zero-order chi connectivity index (χ0) is 11.8. The van der Waals surface area contributed by atoms with Crippen LogP contribution in [-0.4, -0.2) is 21.3 Å². The number of aromatic nitrogens is 2. The number of phenolic OH excluding ortho intramolecular Hbond substituents is 1. The Morgan fingerprint density at radius 2 is 2.29 bits per heavy atom. The van der Waals surface area contributed by atoms with E-state index in [1.165, 1.54) is 4.57 Å². The van der Waals surface area contributed by atoms with Gasteiger partial charge in [0.15, 0.2) is 0 Å². The van der Waals surface area contributed by atoms with Crippen LogP contribution in [0.5, 0.6) is 5.75 Å². The highest BCUT2D eigenvalue weighted by Crippen LogP contribution is 2.28. The minimum Gasteiger partial charge on any atom is -0.506 e. The Morgan fingerprint density at radius 3 is 3.06 bits per heavy atom. The first kappa shape index (κ1) is 10.4. The molecule has 0 radical (unpaired) electrons. The predicted molar refractivity (Wildman–Crippen MR) is 63.1 cm³/mol. The Balaban J connectivity index is 2.20. The van der Waals surface area contributed by atoms with Crippen LogP contribution in [-0.2, 0) is 4.74 Å². The van der Waals surface area contributed by atoms with Crippen LogP contribution in [0.3, 0.4) is 0 Å². The zero-order valence-corrected chi connectivity index (χ0v) is 9.35. The molecule has 5 nitrogen and oxygen atoms in total. The topological polar surface area (TPSA) is 67.2 Å². The summed E-state index contributed by atoms with van der Waals surface area (Å²) >= 11 is 0. The number of nitrogens with zero attached hydrogens (tertiary/aromatic N) is 1. The maximum absolute atomic E-state index is 11.9. The van der Waals surface area contributed by atoms with Crippen molar-refractivity contribution < 1.29 is 9.84 Å². The predicted octanol–water partition coefficient (Wildman–Crippen LogP) is 1.73. The van der Waals surface area contributed by atoms with Crippen LogP contribution in [0.15, 0.2) is 23.0 Å². The van der Waals surface area contributed by atoms with Crippen LogP contribution in [0, 0.1) is 0 Å². The van der Waals surface area contributed by atoms with Crippen molar-refractivity contribution in [2.45, 2.75) is 25.5 Å². The van der Waals surface area contributed by atoms with Crippen molar-refractivity contribution in [3.63, 3.8) is 0 Å². The minimum absolute atomic E-state index is 0.107. The fraction of sp³-hybridized carbons (Fsp3) is 0.417. The van der Waals surface area contributed by atoms with E-state index in [-0.39, 0.29) is 17.7 Å². The number of H-pyrrole nitrogens is 1. The third-order valence-corrected chi connectivity index (χ3v) is 3.16. The van der Waals surface area contributed by atoms with Crippen molar-refractivity contribution in [2.24, 2.45) is 0 Å². The number of benzene rings is 1. The van der Waals surface area contributed by atoms with E-state index >= 15 is 0 Å². The molecule has 17 heavy (non-hydrogen) atoms. The number of para-hydroxylation sites is 1. The average Bonchev–Trinajstić information content (AvgIpc) is 2.68. The second kappa shape index (κ2) is 3.92. The van der Waals surface area contributed by atoms with E-state index in [9.17, 15) is 9.90 Å². The molecule has 0 saturated carbocycles. The summed E-state index contributed by atoms with van der Waals surface area (Å²) < 4.78 is 7.12. The van der Waals surface area contributed by atoms with Crippen molar-refractivity contribution in [3.8, 4) is 5.75 Å². The normalized spacial score (nSPS) is 20.8. The van der Waals surface area contributed by atoms with E-state index < -0.39 is 0 Å². The van der Waals surface area contributed by atoms with E-state index in [1.54, 1.807) is 18.2 Å². The van der Waals surface area contributed by atoms with Crippen LogP contribution < -0.4 is 5.69 Å². The summed E-state index contributed by atoms with van der Waals surface area (Å²) in [4.78, 5) is 14.6. The van der Waals surface area contributed by atoms with Gasteiger partial charge in [-0.15, -0.1) is 0 Å². The van der Waals surface area contributed by atoms with Crippen molar-refractivity contribution in [2.75, 3.05) is 6.61 Å². The monoisotopic (exact) mass is 234 g/mol. The van der Waals surface area contributed by atoms with Gasteiger partial charge in [0, 0.05) is 6.61 Å². The number of phenols is 1. The van der Waals surface area contributed by atoms with Crippen LogP contribution in [0.4, 0.5) is 0 Å². The molecule has 1 saturated heterocycles. The van der Waals surface area contributed by atoms with Crippen molar-refractivity contribution >= 4 is 11.0 Å². The highest BCUT2D eigenvalue weighted by molar-refractivity contribution is 5.81. The summed E-state index contributed by atoms with van der Waals surface area (Å²) in [7, 11) is 0. The molecule has 1 atom stereocenters. The van der Waals surface area contributed by atoms with Crippen LogP contribution in [0.1, 0.15) is 25.5 Å². The molecule has 0 aliphatic carbocycles. The minimum atomic E-state index is -0.265. The molecule has 1 aromatic carbocycles. The molecular formula is C12H14N2O3. The largest absolute Gasteiger partial charge is 0.506 e. The lowest BCUT2D eigenvalue weighted by Gasteiger charge is -2.23. The summed E-state index contributed by atoms with van der Waals surface area (Å²) in [6, 6.07) is 5.06. The second-order valence-electron chi connectivity index (χ2n) is 4.29. The van der Waals surface area contributed by atoms with E-state index in [2.05, 4.69) is 4.98 Å². The first-order chi connectivity index (χ1) is 8.27. The fourth-order valence-corrected chi connectivity index (χ4v) is 2.36. The Hall–Kier alpha value is -1.75. The number of imidazole rings is 1. The van der Waals surface area contributed by atoms with Gasteiger partial charge in [-0.2, -0.15) is 0 Å². The smallest absolute Gasteiger partial charge is 0.328 e. The number of hydrogen-bond acceptors (Lipinski definition) is 3. The lowest BCUT2D eigenvalue weighted by atomic mass is 10.2. The second-order valence-corrected chi connectivity index (χ2v) is 4.29. The number of rotatable bonds is 1. The van der Waals surface area contributed by atoms with Crippen LogP contribution in [0.25, 0.3) is 11.0 Å². The van der Waals surface area contributed by atoms with Gasteiger partial charge in [-0.25, -0.2) is 4.79 Å². The van der Waals surface area contributed by atoms with Gasteiger partial charge in [-0.3, -0.25) is 4.57 Å². The molecule has 0 spiro atoms. The molecule has 5 heteroatoms. The number of aromatic hydroxyl groups is 1. The van der Waals surface area contributed by atoms with Gasteiger partial charge in [0.25, 0.3) is 0 Å². The first-order valence-corrected chi connectivity index (χ1v) is 5.81. The molecule has 2 N–H and O–H groups in total. The zero-order valence-electron chi connectivity index (χ0n) is 9.35. The maximum atomic E-state index is 11.9. The Bertz CT molecular complexity index is 593. The lowest BCUT2D eigenvalue weighted by Crippen LogP contribution is -2.26. The quantitative estimate of drug-likeness (QED) is 0.789. The van der Waals surface area contributed by atoms with Crippen molar-refractivity contribution in [3.05, 3.63) is 28.7 Å². The van der Waals surface area contributed by atoms with Gasteiger partial charge < -0.3 is 14.8 Å². The van der Waals surface area contributed by atoms with E-state index in [0.29, 0.717) is 17.6 Å². The number of ether oxygens (including phenoxy) is 1. The Morgan fingerprint density at radius 1 is 1.41 bits per heavy atom. The van der Waals surface area contributed by atoms with Crippen LogP contribution in [0.2, 0.25) is 0 Å². The van der Waals surface area contributed by atoms with E-state index in [1.807, 2.05) is 0 Å². The fourth-order valence-electron chi connectivity index (χ4n) is 2.36. The molecule has 90 valence electrons. The van der Waals surface area contributed by atoms with Crippen LogP contribution >= 0.6 is 0 Å². The molecule has 2 aromatic rings. The van der Waals surface area contributed by atoms with Gasteiger partial charge in [0.2, 0.25) is 0 Å². The lowest BCUT2D eigenvalue weighted by molar-refractivity contribution is -0.0314. The summed E-state index contributed by atoms with van der Waals surface area (Å²) in [6.45, 7) is 0.664. The third-order valence-electron chi connectivity index (χ3n) is 3.16. The van der Waals surface area contributed by atoms with E-state index in [0.717, 1.165) is 19.3 Å². The molecule has 0 bridgehead atoms. The number of fused-ring (bicyclic) bond motifs is 1. The molecule has 2 heterocycles. The highest BCUT2D eigenvalue weighted by atomic mass is 16.5.